The molecule has 0 amide bonds. The van der Waals surface area contributed by atoms with Crippen molar-refractivity contribution in [2.45, 2.75) is 13.5 Å². The second kappa shape index (κ2) is 4.90. The summed E-state index contributed by atoms with van der Waals surface area (Å²) in [4.78, 5) is 23.8. The van der Waals surface area contributed by atoms with E-state index in [-0.39, 0.29) is 12.0 Å². The molecule has 0 fully saturated rings. The molecule has 3 aromatic rings. The quantitative estimate of drug-likeness (QED) is 0.739. The fraction of sp³-hybridized carbons (Fsp3) is 0.125. The van der Waals surface area contributed by atoms with Crippen molar-refractivity contribution in [3.63, 3.8) is 0 Å². The Hall–Kier alpha value is -2.33. The van der Waals surface area contributed by atoms with Gasteiger partial charge in [-0.2, -0.15) is 0 Å². The predicted molar refractivity (Wildman–Crippen MR) is 83.1 cm³/mol. The van der Waals surface area contributed by atoms with Gasteiger partial charge in [0.1, 0.15) is 6.54 Å². The van der Waals surface area contributed by atoms with Crippen molar-refractivity contribution < 1.29 is 9.90 Å². The van der Waals surface area contributed by atoms with Gasteiger partial charge in [-0.05, 0) is 36.8 Å². The Labute approximate surface area is 125 Å². The van der Waals surface area contributed by atoms with E-state index in [9.17, 15) is 14.7 Å². The molecule has 0 unspecified atom stereocenters. The highest BCUT2D eigenvalue weighted by Crippen LogP contribution is 2.26. The number of halogens is 1. The molecule has 0 spiro atoms. The second-order valence-electron chi connectivity index (χ2n) is 4.97. The minimum absolute atomic E-state index is 0.135. The van der Waals surface area contributed by atoms with Gasteiger partial charge in [-0.1, -0.05) is 23.7 Å². The number of benzene rings is 2. The number of aliphatic carboxylic acids is 1. The molecule has 0 bridgehead atoms. The van der Waals surface area contributed by atoms with Crippen LogP contribution in [0.4, 0.5) is 0 Å². The van der Waals surface area contributed by atoms with Gasteiger partial charge < -0.3 is 9.67 Å². The van der Waals surface area contributed by atoms with Crippen LogP contribution in [0.25, 0.3) is 21.8 Å². The number of pyridine rings is 1. The molecule has 0 atom stereocenters. The fourth-order valence-electron chi connectivity index (χ4n) is 2.59. The first-order valence-corrected chi connectivity index (χ1v) is 6.80. The monoisotopic (exact) mass is 301 g/mol. The summed E-state index contributed by atoms with van der Waals surface area (Å²) >= 11 is 6.21. The van der Waals surface area contributed by atoms with Crippen LogP contribution >= 0.6 is 11.6 Å². The molecule has 2 aromatic carbocycles. The van der Waals surface area contributed by atoms with Crippen LogP contribution in [0.2, 0.25) is 5.02 Å². The molecule has 4 nitrogen and oxygen atoms in total. The number of aromatic nitrogens is 1. The summed E-state index contributed by atoms with van der Waals surface area (Å²) in [5.41, 5.74) is 1.87. The van der Waals surface area contributed by atoms with Crippen molar-refractivity contribution >= 4 is 39.4 Å². The fourth-order valence-corrected chi connectivity index (χ4v) is 2.87. The third-order valence-corrected chi connectivity index (χ3v) is 3.79. The first-order chi connectivity index (χ1) is 9.99. The smallest absolute Gasteiger partial charge is 0.323 e. The zero-order valence-corrected chi connectivity index (χ0v) is 12.0. The highest BCUT2D eigenvalue weighted by Gasteiger charge is 2.15. The summed E-state index contributed by atoms with van der Waals surface area (Å²) in [5.74, 6) is -0.984. The largest absolute Gasteiger partial charge is 0.480 e. The van der Waals surface area contributed by atoms with Gasteiger partial charge in [-0.15, -0.1) is 0 Å². The maximum Gasteiger partial charge on any atom is 0.323 e. The van der Waals surface area contributed by atoms with Crippen molar-refractivity contribution in [3.05, 3.63) is 57.2 Å². The number of para-hydroxylation sites is 1. The van der Waals surface area contributed by atoms with Crippen LogP contribution in [0.15, 0.2) is 41.2 Å². The van der Waals surface area contributed by atoms with E-state index in [4.69, 9.17) is 11.6 Å². The Balaban J connectivity index is 2.62. The van der Waals surface area contributed by atoms with Gasteiger partial charge in [-0.25, -0.2) is 0 Å². The van der Waals surface area contributed by atoms with Gasteiger partial charge in [-0.3, -0.25) is 9.59 Å². The molecule has 21 heavy (non-hydrogen) atoms. The van der Waals surface area contributed by atoms with E-state index in [0.717, 1.165) is 5.56 Å². The van der Waals surface area contributed by atoms with E-state index in [1.54, 1.807) is 28.8 Å². The van der Waals surface area contributed by atoms with Crippen molar-refractivity contribution in [2.24, 2.45) is 0 Å². The Kier molecular flexibility index (Phi) is 3.18. The van der Waals surface area contributed by atoms with E-state index in [2.05, 4.69) is 0 Å². The lowest BCUT2D eigenvalue weighted by molar-refractivity contribution is -0.137. The average Bonchev–Trinajstić information content (AvgIpc) is 2.43. The summed E-state index contributed by atoms with van der Waals surface area (Å²) in [6, 6.07) is 10.4. The lowest BCUT2D eigenvalue weighted by Crippen LogP contribution is -2.16. The van der Waals surface area contributed by atoms with Crippen molar-refractivity contribution in [1.82, 2.24) is 4.57 Å². The van der Waals surface area contributed by atoms with E-state index < -0.39 is 5.97 Å². The number of hydrogen-bond acceptors (Lipinski definition) is 2. The van der Waals surface area contributed by atoms with Crippen LogP contribution in [-0.2, 0) is 11.3 Å². The van der Waals surface area contributed by atoms with E-state index in [0.29, 0.717) is 26.8 Å². The lowest BCUT2D eigenvalue weighted by atomic mass is 10.1. The van der Waals surface area contributed by atoms with Gasteiger partial charge in [0.15, 0.2) is 5.43 Å². The maximum atomic E-state index is 12.6. The zero-order chi connectivity index (χ0) is 15.1. The molecule has 5 heteroatoms. The first kappa shape index (κ1) is 13.6. The van der Waals surface area contributed by atoms with E-state index in [1.807, 2.05) is 19.1 Å². The second-order valence-corrected chi connectivity index (χ2v) is 5.37. The molecular formula is C16H12ClNO3. The van der Waals surface area contributed by atoms with Crippen molar-refractivity contribution in [1.29, 1.82) is 0 Å². The standard InChI is InChI=1S/C16H12ClNO3/c1-9-5-6-10-13(7-9)18(8-14(19)20)15-11(16(10)21)3-2-4-12(15)17/h2-7H,8H2,1H3,(H,19,20). The van der Waals surface area contributed by atoms with Crippen LogP contribution in [-0.4, -0.2) is 15.6 Å². The zero-order valence-electron chi connectivity index (χ0n) is 11.3. The molecule has 0 saturated heterocycles. The van der Waals surface area contributed by atoms with Gasteiger partial charge in [0.25, 0.3) is 0 Å². The van der Waals surface area contributed by atoms with Gasteiger partial charge in [0.2, 0.25) is 0 Å². The number of carboxylic acids is 1. The number of nitrogens with zero attached hydrogens (tertiary/aromatic N) is 1. The molecule has 1 N–H and O–H groups in total. The molecule has 106 valence electrons. The van der Waals surface area contributed by atoms with Gasteiger partial charge in [0, 0.05) is 10.8 Å². The van der Waals surface area contributed by atoms with Crippen LogP contribution in [0, 0.1) is 6.92 Å². The highest BCUT2D eigenvalue weighted by molar-refractivity contribution is 6.35. The number of fused-ring (bicyclic) bond motifs is 2. The number of carbonyl (C=O) groups is 1. The minimum Gasteiger partial charge on any atom is -0.480 e. The van der Waals surface area contributed by atoms with Gasteiger partial charge >= 0.3 is 5.97 Å². The predicted octanol–water partition coefficient (Wildman–Crippen LogP) is 3.20. The summed E-state index contributed by atoms with van der Waals surface area (Å²) in [7, 11) is 0. The molecular weight excluding hydrogens is 290 g/mol. The van der Waals surface area contributed by atoms with E-state index >= 15 is 0 Å². The Morgan fingerprint density at radius 3 is 2.71 bits per heavy atom. The Morgan fingerprint density at radius 1 is 1.24 bits per heavy atom. The SMILES string of the molecule is Cc1ccc2c(=O)c3cccc(Cl)c3n(CC(=O)O)c2c1. The number of carboxylic acid groups (broad SMARTS) is 1. The average molecular weight is 302 g/mol. The van der Waals surface area contributed by atoms with E-state index in [1.165, 1.54) is 0 Å². The normalized spacial score (nSPS) is 11.1. The van der Waals surface area contributed by atoms with Crippen LogP contribution < -0.4 is 5.43 Å². The van der Waals surface area contributed by atoms with Crippen LogP contribution in [0.5, 0.6) is 0 Å². The number of rotatable bonds is 2. The van der Waals surface area contributed by atoms with Crippen LogP contribution in [0.1, 0.15) is 5.56 Å². The molecule has 0 aliphatic heterocycles. The minimum atomic E-state index is -0.984. The number of aryl methyl sites for hydroxylation is 1. The Morgan fingerprint density at radius 2 is 2.00 bits per heavy atom. The van der Waals surface area contributed by atoms with Crippen LogP contribution in [0.3, 0.4) is 0 Å². The van der Waals surface area contributed by atoms with Crippen molar-refractivity contribution in [3.8, 4) is 0 Å². The molecule has 0 saturated carbocycles. The molecule has 0 aliphatic carbocycles. The highest BCUT2D eigenvalue weighted by atomic mass is 35.5. The molecule has 0 aliphatic rings. The lowest BCUT2D eigenvalue weighted by Gasteiger charge is -2.14. The third-order valence-electron chi connectivity index (χ3n) is 3.48. The molecule has 1 aromatic heterocycles. The summed E-state index contributed by atoms with van der Waals surface area (Å²) in [6.45, 7) is 1.65. The molecule has 3 rings (SSSR count). The number of hydrogen-bond donors (Lipinski definition) is 1. The third kappa shape index (κ3) is 2.17. The molecule has 1 heterocycles. The summed E-state index contributed by atoms with van der Waals surface area (Å²) < 4.78 is 1.59. The van der Waals surface area contributed by atoms with Gasteiger partial charge in [0.05, 0.1) is 16.1 Å². The summed E-state index contributed by atoms with van der Waals surface area (Å²) in [5, 5.41) is 10.5. The first-order valence-electron chi connectivity index (χ1n) is 6.42. The summed E-state index contributed by atoms with van der Waals surface area (Å²) in [6.07, 6.45) is 0. The van der Waals surface area contributed by atoms with Crippen molar-refractivity contribution in [2.75, 3.05) is 0 Å². The maximum absolute atomic E-state index is 12.6. The molecule has 0 radical (unpaired) electrons. The topological polar surface area (TPSA) is 59.3 Å². The Bertz CT molecular complexity index is 944.